The summed E-state index contributed by atoms with van der Waals surface area (Å²) < 4.78 is 8.55. The Morgan fingerprint density at radius 1 is 1.14 bits per heavy atom. The minimum atomic E-state index is -5.39. The zero-order chi connectivity index (χ0) is 4.50. The van der Waals surface area contributed by atoms with E-state index in [1.165, 1.54) is 0 Å². The smallest absolute Gasteiger partial charge is 0.822 e. The van der Waals surface area contributed by atoms with Crippen LogP contribution in [0.15, 0.2) is 0 Å². The average molecular weight is 157 g/mol. The molecular formula is H3O4P2Si+. The molecule has 4 nitrogen and oxygen atoms in total. The molecule has 0 bridgehead atoms. The number of hydrogen-bond acceptors (Lipinski definition) is 4. The van der Waals surface area contributed by atoms with E-state index in [9.17, 15) is 0 Å². The zero-order valence-corrected chi connectivity index (χ0v) is 6.60. The van der Waals surface area contributed by atoms with E-state index in [1.54, 1.807) is 0 Å². The predicted octanol–water partition coefficient (Wildman–Crippen LogP) is -3.15. The molecule has 0 heterocycles. The third-order valence-corrected chi connectivity index (χ3v) is 0. The van der Waals surface area contributed by atoms with Crippen LogP contribution in [0.25, 0.3) is 0 Å². The number of phosphoric acid groups is 1. The normalized spacial score (nSPS) is 8.43. The van der Waals surface area contributed by atoms with E-state index in [0.717, 1.165) is 0 Å². The Hall–Kier alpha value is 0.757. The molecule has 0 aliphatic rings. The van der Waals surface area contributed by atoms with E-state index in [2.05, 4.69) is 0 Å². The maximum Gasteiger partial charge on any atom is 4.00 e. The van der Waals surface area contributed by atoms with Crippen molar-refractivity contribution in [1.29, 1.82) is 0 Å². The first kappa shape index (κ1) is 15.7. The molecule has 0 aliphatic heterocycles. The molecule has 0 aromatic rings. The fraction of sp³-hybridized carbons (Fsp3) is 0. The second-order valence-electron chi connectivity index (χ2n) is 0.447. The quantitative estimate of drug-likeness (QED) is 0.274. The first-order valence-corrected chi connectivity index (χ1v) is 2.19. The van der Waals surface area contributed by atoms with E-state index in [1.807, 2.05) is 0 Å². The molecule has 0 spiro atoms. The first-order chi connectivity index (χ1) is 2.00. The van der Waals surface area contributed by atoms with Crippen LogP contribution < -0.4 is 14.7 Å². The summed E-state index contributed by atoms with van der Waals surface area (Å²) in [6.45, 7) is 0. The molecule has 0 N–H and O–H groups in total. The van der Waals surface area contributed by atoms with Gasteiger partial charge in [-0.1, -0.05) is 0 Å². The third-order valence-electron chi connectivity index (χ3n) is 0. The predicted molar refractivity (Wildman–Crippen MR) is 24.5 cm³/mol. The second-order valence-corrected chi connectivity index (χ2v) is 1.34. The SMILES string of the molecule is O=P([O-])([O-])[O-].P.[Si+4]. The van der Waals surface area contributed by atoms with Crippen LogP contribution in [-0.4, -0.2) is 11.0 Å². The van der Waals surface area contributed by atoms with Gasteiger partial charge in [0.1, 0.15) is 0 Å². The van der Waals surface area contributed by atoms with Gasteiger partial charge >= 0.3 is 11.0 Å². The van der Waals surface area contributed by atoms with Gasteiger partial charge in [-0.2, -0.15) is 17.7 Å². The van der Waals surface area contributed by atoms with Crippen LogP contribution in [0.5, 0.6) is 0 Å². The Kier molecular flexibility index (Phi) is 11.0. The van der Waals surface area contributed by atoms with Gasteiger partial charge in [0.05, 0.1) is 0 Å². The van der Waals surface area contributed by atoms with Gasteiger partial charge in [-0.15, -0.1) is 0 Å². The molecule has 0 fully saturated rings. The summed E-state index contributed by atoms with van der Waals surface area (Å²) in [4.78, 5) is 25.6. The summed E-state index contributed by atoms with van der Waals surface area (Å²) in [5.74, 6) is 0. The van der Waals surface area contributed by atoms with Crippen molar-refractivity contribution >= 4 is 28.7 Å². The van der Waals surface area contributed by atoms with Crippen molar-refractivity contribution in [3.05, 3.63) is 0 Å². The Labute approximate surface area is 48.8 Å². The summed E-state index contributed by atoms with van der Waals surface area (Å²) in [5.41, 5.74) is 0. The van der Waals surface area contributed by atoms with Crippen LogP contribution >= 0.6 is 17.7 Å². The molecule has 0 rings (SSSR count). The molecule has 40 valence electrons. The van der Waals surface area contributed by atoms with Crippen molar-refractivity contribution in [2.45, 2.75) is 0 Å². The molecular weight excluding hydrogens is 154 g/mol. The second kappa shape index (κ2) is 4.90. The average Bonchev–Trinajstić information content (AvgIpc) is 0.722. The molecule has 0 radical (unpaired) electrons. The first-order valence-electron chi connectivity index (χ1n) is 0.730. The van der Waals surface area contributed by atoms with Crippen LogP contribution in [0.2, 0.25) is 0 Å². The monoisotopic (exact) mass is 157 g/mol. The standard InChI is InChI=1S/H3O4P.H3P.Si/c1-5(2,3)4;;/h(H3,1,2,3,4);1H3;/q;;+4/p-3. The van der Waals surface area contributed by atoms with Crippen molar-refractivity contribution in [2.75, 3.05) is 0 Å². The molecule has 0 amide bonds. The van der Waals surface area contributed by atoms with Crippen LogP contribution in [-0.2, 0) is 4.57 Å². The molecule has 0 aromatic carbocycles. The summed E-state index contributed by atoms with van der Waals surface area (Å²) in [5, 5.41) is 0. The van der Waals surface area contributed by atoms with Gasteiger partial charge in [0.25, 0.3) is 0 Å². The van der Waals surface area contributed by atoms with Crippen molar-refractivity contribution in [3.63, 3.8) is 0 Å². The van der Waals surface area contributed by atoms with Crippen LogP contribution in [0, 0.1) is 0 Å². The molecule has 1 unspecified atom stereocenters. The molecule has 7 heavy (non-hydrogen) atoms. The van der Waals surface area contributed by atoms with Gasteiger partial charge in [0.2, 0.25) is 0 Å². The van der Waals surface area contributed by atoms with E-state index >= 15 is 0 Å². The fourth-order valence-corrected chi connectivity index (χ4v) is 0. The van der Waals surface area contributed by atoms with Gasteiger partial charge in [0.15, 0.2) is 0 Å². The largest absolute Gasteiger partial charge is 4.00 e. The minimum Gasteiger partial charge on any atom is -0.822 e. The van der Waals surface area contributed by atoms with Gasteiger partial charge in [-0.3, -0.25) is 0 Å². The maximum absolute atomic E-state index is 8.55. The summed E-state index contributed by atoms with van der Waals surface area (Å²) in [6.07, 6.45) is 0. The van der Waals surface area contributed by atoms with Crippen molar-refractivity contribution in [1.82, 2.24) is 0 Å². The Morgan fingerprint density at radius 3 is 1.14 bits per heavy atom. The zero-order valence-electron chi connectivity index (χ0n) is 3.29. The van der Waals surface area contributed by atoms with E-state index in [4.69, 9.17) is 19.2 Å². The maximum atomic E-state index is 8.55. The summed E-state index contributed by atoms with van der Waals surface area (Å²) in [7, 11) is -5.39. The van der Waals surface area contributed by atoms with Gasteiger partial charge in [-0.05, 0) is 0 Å². The van der Waals surface area contributed by atoms with E-state index in [0.29, 0.717) is 0 Å². The minimum absolute atomic E-state index is 0. The van der Waals surface area contributed by atoms with Crippen LogP contribution in [0.4, 0.5) is 0 Å². The molecule has 0 aliphatic carbocycles. The Morgan fingerprint density at radius 2 is 1.14 bits per heavy atom. The van der Waals surface area contributed by atoms with E-state index in [-0.39, 0.29) is 20.9 Å². The number of rotatable bonds is 0. The summed E-state index contributed by atoms with van der Waals surface area (Å²) in [6, 6.07) is 0. The molecule has 0 aromatic heterocycles. The molecule has 7 heteroatoms. The van der Waals surface area contributed by atoms with Crippen molar-refractivity contribution in [2.24, 2.45) is 0 Å². The topological polar surface area (TPSA) is 86.2 Å². The fourth-order valence-electron chi connectivity index (χ4n) is 0. The van der Waals surface area contributed by atoms with Gasteiger partial charge < -0.3 is 19.2 Å². The molecule has 1 atom stereocenters. The third kappa shape index (κ3) is 267. The van der Waals surface area contributed by atoms with Gasteiger partial charge in [-0.25, -0.2) is 0 Å². The van der Waals surface area contributed by atoms with Crippen molar-refractivity contribution < 1.29 is 19.2 Å². The Balaban J connectivity index is -0.0000000800. The van der Waals surface area contributed by atoms with Crippen LogP contribution in [0.1, 0.15) is 0 Å². The van der Waals surface area contributed by atoms with Gasteiger partial charge in [0, 0.05) is 0 Å². The van der Waals surface area contributed by atoms with E-state index < -0.39 is 7.82 Å². The molecule has 0 saturated carbocycles. The Bertz CT molecular complexity index is 55.8. The van der Waals surface area contributed by atoms with Crippen LogP contribution in [0.3, 0.4) is 0 Å². The molecule has 0 saturated heterocycles. The number of hydrogen-bond donors (Lipinski definition) is 0. The summed E-state index contributed by atoms with van der Waals surface area (Å²) >= 11 is 0. The van der Waals surface area contributed by atoms with Crippen molar-refractivity contribution in [3.8, 4) is 0 Å².